The van der Waals surface area contributed by atoms with Gasteiger partial charge in [0.05, 0.1) is 11.9 Å². The number of nitrogen functional groups attached to an aromatic ring is 1. The number of carbonyl (C=O) groups excluding carboxylic acids is 1. The normalized spacial score (nSPS) is 10.1. The molecule has 0 spiro atoms. The summed E-state index contributed by atoms with van der Waals surface area (Å²) in [6.45, 7) is 0.0972. The van der Waals surface area contributed by atoms with E-state index in [9.17, 15) is 4.79 Å². The predicted molar refractivity (Wildman–Crippen MR) is 78.2 cm³/mol. The second-order valence-corrected chi connectivity index (χ2v) is 4.27. The van der Waals surface area contributed by atoms with Gasteiger partial charge in [0.15, 0.2) is 5.65 Å². The first-order valence-electron chi connectivity index (χ1n) is 6.27. The Kier molecular flexibility index (Phi) is 3.31. The molecule has 0 radical (unpaired) electrons. The highest BCUT2D eigenvalue weighted by Gasteiger charge is 2.13. The fraction of sp³-hybridized carbons (Fsp3) is 0.0667. The van der Waals surface area contributed by atoms with Crippen LogP contribution in [0.25, 0.3) is 11.0 Å². The fourth-order valence-corrected chi connectivity index (χ4v) is 1.97. The number of hydrogen-bond acceptors (Lipinski definition) is 5. The minimum Gasteiger partial charge on any atom is -0.383 e. The van der Waals surface area contributed by atoms with Crippen molar-refractivity contribution in [2.75, 3.05) is 5.73 Å². The van der Waals surface area contributed by atoms with Gasteiger partial charge in [-0.1, -0.05) is 24.1 Å². The summed E-state index contributed by atoms with van der Waals surface area (Å²) in [7, 11) is 0. The standard InChI is InChI=1S/C15H11N5O/c16-14-13-12(7-6-11-4-2-1-3-5-11)19-20(8-9-21)15(13)18-10-17-14/h1-5,9-10H,8H2,(H2,16,17,18). The van der Waals surface area contributed by atoms with Crippen molar-refractivity contribution in [3.63, 3.8) is 0 Å². The van der Waals surface area contributed by atoms with Gasteiger partial charge in [0.1, 0.15) is 24.1 Å². The highest BCUT2D eigenvalue weighted by Crippen LogP contribution is 2.20. The molecule has 0 fully saturated rings. The molecule has 0 atom stereocenters. The van der Waals surface area contributed by atoms with E-state index in [0.717, 1.165) is 11.8 Å². The molecule has 6 heteroatoms. The van der Waals surface area contributed by atoms with Gasteiger partial charge in [-0.25, -0.2) is 14.6 Å². The minimum absolute atomic E-state index is 0.0972. The van der Waals surface area contributed by atoms with Crippen LogP contribution in [-0.4, -0.2) is 26.0 Å². The average Bonchev–Trinajstić information content (AvgIpc) is 2.86. The van der Waals surface area contributed by atoms with Crippen molar-refractivity contribution in [1.29, 1.82) is 0 Å². The van der Waals surface area contributed by atoms with Gasteiger partial charge in [-0.05, 0) is 18.1 Å². The maximum absolute atomic E-state index is 10.7. The van der Waals surface area contributed by atoms with Crippen LogP contribution in [0, 0.1) is 11.8 Å². The van der Waals surface area contributed by atoms with E-state index < -0.39 is 0 Å². The molecule has 0 bridgehead atoms. The highest BCUT2D eigenvalue weighted by atomic mass is 16.1. The third kappa shape index (κ3) is 2.44. The van der Waals surface area contributed by atoms with Crippen molar-refractivity contribution in [2.45, 2.75) is 6.54 Å². The van der Waals surface area contributed by atoms with E-state index in [1.165, 1.54) is 11.0 Å². The summed E-state index contributed by atoms with van der Waals surface area (Å²) in [5.41, 5.74) is 7.71. The number of carbonyl (C=O) groups is 1. The first kappa shape index (κ1) is 12.8. The van der Waals surface area contributed by atoms with Crippen molar-refractivity contribution in [3.8, 4) is 11.8 Å². The van der Waals surface area contributed by atoms with Crippen LogP contribution < -0.4 is 5.73 Å². The van der Waals surface area contributed by atoms with Crippen LogP contribution in [0.5, 0.6) is 0 Å². The maximum Gasteiger partial charge on any atom is 0.165 e. The van der Waals surface area contributed by atoms with E-state index in [2.05, 4.69) is 26.9 Å². The van der Waals surface area contributed by atoms with Gasteiger partial charge in [0.25, 0.3) is 0 Å². The molecule has 6 nitrogen and oxygen atoms in total. The van der Waals surface area contributed by atoms with Crippen LogP contribution in [-0.2, 0) is 11.3 Å². The lowest BCUT2D eigenvalue weighted by Crippen LogP contribution is -2.02. The Labute approximate surface area is 120 Å². The number of aldehydes is 1. The smallest absolute Gasteiger partial charge is 0.165 e. The van der Waals surface area contributed by atoms with Crippen molar-refractivity contribution in [2.24, 2.45) is 0 Å². The van der Waals surface area contributed by atoms with E-state index in [1.54, 1.807) is 0 Å². The summed E-state index contributed by atoms with van der Waals surface area (Å²) in [6, 6.07) is 9.54. The first-order valence-corrected chi connectivity index (χ1v) is 6.27. The number of aromatic nitrogens is 4. The highest BCUT2D eigenvalue weighted by molar-refractivity contribution is 5.90. The third-order valence-electron chi connectivity index (χ3n) is 2.91. The first-order chi connectivity index (χ1) is 10.3. The Hall–Kier alpha value is -3.20. The van der Waals surface area contributed by atoms with Crippen LogP contribution in [0.3, 0.4) is 0 Å². The minimum atomic E-state index is 0.0972. The Bertz CT molecular complexity index is 858. The van der Waals surface area contributed by atoms with Gasteiger partial charge in [-0.3, -0.25) is 0 Å². The second-order valence-electron chi connectivity index (χ2n) is 4.27. The Balaban J connectivity index is 2.15. The van der Waals surface area contributed by atoms with Gasteiger partial charge < -0.3 is 10.5 Å². The zero-order chi connectivity index (χ0) is 14.7. The molecule has 0 aliphatic rings. The molecule has 0 aliphatic carbocycles. The number of anilines is 1. The number of nitrogens with zero attached hydrogens (tertiary/aromatic N) is 4. The molecule has 0 saturated carbocycles. The molecule has 0 amide bonds. The van der Waals surface area contributed by atoms with E-state index in [1.807, 2.05) is 30.3 Å². The largest absolute Gasteiger partial charge is 0.383 e. The number of fused-ring (bicyclic) bond motifs is 1. The Morgan fingerprint density at radius 1 is 1.19 bits per heavy atom. The second kappa shape index (κ2) is 5.43. The third-order valence-corrected chi connectivity index (χ3v) is 2.91. The molecule has 2 heterocycles. The predicted octanol–water partition coefficient (Wildman–Crippen LogP) is 1.01. The molecule has 102 valence electrons. The Morgan fingerprint density at radius 2 is 2.00 bits per heavy atom. The van der Waals surface area contributed by atoms with E-state index in [4.69, 9.17) is 5.73 Å². The van der Waals surface area contributed by atoms with Crippen LogP contribution in [0.4, 0.5) is 5.82 Å². The molecular formula is C15H11N5O. The van der Waals surface area contributed by atoms with Gasteiger partial charge >= 0.3 is 0 Å². The molecule has 2 aromatic heterocycles. The Morgan fingerprint density at radius 3 is 2.76 bits per heavy atom. The summed E-state index contributed by atoms with van der Waals surface area (Å²) in [5, 5.41) is 4.86. The van der Waals surface area contributed by atoms with E-state index in [0.29, 0.717) is 22.5 Å². The summed E-state index contributed by atoms with van der Waals surface area (Å²) in [5.74, 6) is 6.28. The molecule has 3 aromatic rings. The zero-order valence-electron chi connectivity index (χ0n) is 11.0. The van der Waals surface area contributed by atoms with Crippen LogP contribution in [0.15, 0.2) is 36.7 Å². The van der Waals surface area contributed by atoms with Crippen molar-refractivity contribution < 1.29 is 4.79 Å². The monoisotopic (exact) mass is 277 g/mol. The van der Waals surface area contributed by atoms with Crippen molar-refractivity contribution in [3.05, 3.63) is 47.9 Å². The van der Waals surface area contributed by atoms with Gasteiger partial charge in [-0.2, -0.15) is 5.10 Å². The fourth-order valence-electron chi connectivity index (χ4n) is 1.97. The van der Waals surface area contributed by atoms with E-state index in [-0.39, 0.29) is 6.54 Å². The summed E-state index contributed by atoms with van der Waals surface area (Å²) < 4.78 is 1.47. The summed E-state index contributed by atoms with van der Waals surface area (Å²) in [4.78, 5) is 18.8. The lowest BCUT2D eigenvalue weighted by molar-refractivity contribution is -0.108. The summed E-state index contributed by atoms with van der Waals surface area (Å²) in [6.07, 6.45) is 2.09. The lowest BCUT2D eigenvalue weighted by atomic mass is 10.2. The van der Waals surface area contributed by atoms with Crippen LogP contribution in [0.2, 0.25) is 0 Å². The molecule has 1 aromatic carbocycles. The maximum atomic E-state index is 10.7. The quantitative estimate of drug-likeness (QED) is 0.558. The molecule has 21 heavy (non-hydrogen) atoms. The molecule has 0 unspecified atom stereocenters. The molecule has 0 aliphatic heterocycles. The van der Waals surface area contributed by atoms with Gasteiger partial charge in [0, 0.05) is 5.56 Å². The van der Waals surface area contributed by atoms with Crippen LogP contribution in [0.1, 0.15) is 11.3 Å². The molecule has 0 saturated heterocycles. The van der Waals surface area contributed by atoms with E-state index >= 15 is 0 Å². The van der Waals surface area contributed by atoms with Gasteiger partial charge in [-0.15, -0.1) is 0 Å². The molecular weight excluding hydrogens is 266 g/mol. The zero-order valence-corrected chi connectivity index (χ0v) is 11.0. The number of nitrogens with two attached hydrogens (primary N) is 1. The lowest BCUT2D eigenvalue weighted by Gasteiger charge is -1.96. The number of hydrogen-bond donors (Lipinski definition) is 1. The van der Waals surface area contributed by atoms with Gasteiger partial charge in [0.2, 0.25) is 0 Å². The average molecular weight is 277 g/mol. The number of benzene rings is 1. The van der Waals surface area contributed by atoms with Crippen molar-refractivity contribution >= 4 is 23.1 Å². The molecule has 3 rings (SSSR count). The van der Waals surface area contributed by atoms with Crippen LogP contribution >= 0.6 is 0 Å². The van der Waals surface area contributed by atoms with Crippen molar-refractivity contribution in [1.82, 2.24) is 19.7 Å². The summed E-state index contributed by atoms with van der Waals surface area (Å²) >= 11 is 0. The SMILES string of the molecule is Nc1ncnc2c1c(C#Cc1ccccc1)nn2CC=O. The topological polar surface area (TPSA) is 86.7 Å². The number of rotatable bonds is 2. The molecule has 2 N–H and O–H groups in total.